The molecule has 0 amide bonds. The van der Waals surface area contributed by atoms with Gasteiger partial charge in [0, 0.05) is 23.2 Å². The minimum absolute atomic E-state index is 0.833. The number of benzene rings is 1. The van der Waals surface area contributed by atoms with Gasteiger partial charge in [0.1, 0.15) is 0 Å². The van der Waals surface area contributed by atoms with E-state index in [1.165, 1.54) is 38.0 Å². The van der Waals surface area contributed by atoms with Crippen molar-refractivity contribution in [2.24, 2.45) is 5.92 Å². The lowest BCUT2D eigenvalue weighted by molar-refractivity contribution is 0.156. The Kier molecular flexibility index (Phi) is 5.25. The SMILES string of the molecule is CN(C)CC1CCN(Cc2cccc(N)c2Br)CC1. The summed E-state index contributed by atoms with van der Waals surface area (Å²) in [5, 5.41) is 0. The molecule has 0 atom stereocenters. The summed E-state index contributed by atoms with van der Waals surface area (Å²) >= 11 is 3.59. The van der Waals surface area contributed by atoms with Crippen LogP contribution < -0.4 is 5.73 Å². The number of nitrogens with zero attached hydrogens (tertiary/aromatic N) is 2. The molecule has 1 fully saturated rings. The van der Waals surface area contributed by atoms with Crippen LogP contribution in [0.5, 0.6) is 0 Å². The Morgan fingerprint density at radius 2 is 2.00 bits per heavy atom. The van der Waals surface area contributed by atoms with Crippen LogP contribution in [0.1, 0.15) is 18.4 Å². The molecule has 0 saturated carbocycles. The Morgan fingerprint density at radius 1 is 1.32 bits per heavy atom. The first-order chi connectivity index (χ1) is 9.06. The summed E-state index contributed by atoms with van der Waals surface area (Å²) in [5.74, 6) is 0.857. The number of anilines is 1. The summed E-state index contributed by atoms with van der Waals surface area (Å²) < 4.78 is 1.06. The lowest BCUT2D eigenvalue weighted by atomic mass is 9.96. The molecule has 0 radical (unpaired) electrons. The molecule has 1 saturated heterocycles. The van der Waals surface area contributed by atoms with Crippen molar-refractivity contribution in [3.05, 3.63) is 28.2 Å². The monoisotopic (exact) mass is 325 g/mol. The average Bonchev–Trinajstić information content (AvgIpc) is 2.37. The van der Waals surface area contributed by atoms with Gasteiger partial charge in [-0.05, 0) is 73.5 Å². The molecular formula is C15H24BrN3. The lowest BCUT2D eigenvalue weighted by Gasteiger charge is -2.33. The van der Waals surface area contributed by atoms with Crippen LogP contribution >= 0.6 is 15.9 Å². The van der Waals surface area contributed by atoms with Gasteiger partial charge in [-0.2, -0.15) is 0 Å². The van der Waals surface area contributed by atoms with Gasteiger partial charge in [-0.25, -0.2) is 0 Å². The highest BCUT2D eigenvalue weighted by atomic mass is 79.9. The van der Waals surface area contributed by atoms with Crippen LogP contribution in [-0.2, 0) is 6.54 Å². The van der Waals surface area contributed by atoms with Gasteiger partial charge in [-0.15, -0.1) is 0 Å². The minimum atomic E-state index is 0.833. The highest BCUT2D eigenvalue weighted by Gasteiger charge is 2.20. The molecular weight excluding hydrogens is 302 g/mol. The summed E-state index contributed by atoms with van der Waals surface area (Å²) in [6.07, 6.45) is 2.61. The van der Waals surface area contributed by atoms with Crippen LogP contribution in [0.4, 0.5) is 5.69 Å². The molecule has 0 aromatic heterocycles. The molecule has 0 unspecified atom stereocenters. The van der Waals surface area contributed by atoms with E-state index < -0.39 is 0 Å². The fourth-order valence-corrected chi connectivity index (χ4v) is 3.20. The third kappa shape index (κ3) is 4.20. The van der Waals surface area contributed by atoms with Gasteiger partial charge in [0.05, 0.1) is 0 Å². The summed E-state index contributed by atoms with van der Waals surface area (Å²) in [6.45, 7) is 4.61. The fourth-order valence-electron chi connectivity index (χ4n) is 2.81. The summed E-state index contributed by atoms with van der Waals surface area (Å²) in [5.41, 5.74) is 8.06. The van der Waals surface area contributed by atoms with Crippen LogP contribution in [0, 0.1) is 5.92 Å². The molecule has 1 aliphatic rings. The van der Waals surface area contributed by atoms with Gasteiger partial charge in [0.2, 0.25) is 0 Å². The largest absolute Gasteiger partial charge is 0.398 e. The molecule has 1 aromatic rings. The first kappa shape index (κ1) is 14.8. The number of rotatable bonds is 4. The normalized spacial score (nSPS) is 18.1. The fraction of sp³-hybridized carbons (Fsp3) is 0.600. The van der Waals surface area contributed by atoms with Crippen LogP contribution in [0.3, 0.4) is 0 Å². The maximum atomic E-state index is 5.93. The second-order valence-corrected chi connectivity index (χ2v) is 6.60. The second-order valence-electron chi connectivity index (χ2n) is 5.80. The van der Waals surface area contributed by atoms with Crippen molar-refractivity contribution in [2.75, 3.05) is 39.5 Å². The standard InChI is InChI=1S/C15H24BrN3/c1-18(2)10-12-6-8-19(9-7-12)11-13-4-3-5-14(17)15(13)16/h3-5,12H,6-11,17H2,1-2H3. The smallest absolute Gasteiger partial charge is 0.0461 e. The predicted octanol–water partition coefficient (Wildman–Crippen LogP) is 2.80. The van der Waals surface area contributed by atoms with Gasteiger partial charge in [-0.3, -0.25) is 4.90 Å². The van der Waals surface area contributed by atoms with Crippen LogP contribution in [0.2, 0.25) is 0 Å². The molecule has 0 aliphatic carbocycles. The molecule has 2 N–H and O–H groups in total. The van der Waals surface area contributed by atoms with E-state index >= 15 is 0 Å². The van der Waals surface area contributed by atoms with Crippen LogP contribution in [0.15, 0.2) is 22.7 Å². The Hall–Kier alpha value is -0.580. The van der Waals surface area contributed by atoms with E-state index in [-0.39, 0.29) is 0 Å². The van der Waals surface area contributed by atoms with E-state index in [1.807, 2.05) is 12.1 Å². The maximum absolute atomic E-state index is 5.93. The quantitative estimate of drug-likeness (QED) is 0.864. The summed E-state index contributed by atoms with van der Waals surface area (Å²) in [6, 6.07) is 6.14. The minimum Gasteiger partial charge on any atom is -0.398 e. The highest BCUT2D eigenvalue weighted by Crippen LogP contribution is 2.26. The van der Waals surface area contributed by atoms with Crippen molar-refractivity contribution < 1.29 is 0 Å². The second kappa shape index (κ2) is 6.73. The van der Waals surface area contributed by atoms with Crippen LogP contribution in [-0.4, -0.2) is 43.5 Å². The average molecular weight is 326 g/mol. The molecule has 3 nitrogen and oxygen atoms in total. The van der Waals surface area contributed by atoms with E-state index in [9.17, 15) is 0 Å². The number of nitrogen functional groups attached to an aromatic ring is 1. The Morgan fingerprint density at radius 3 is 2.63 bits per heavy atom. The number of hydrogen-bond acceptors (Lipinski definition) is 3. The van der Waals surface area contributed by atoms with E-state index in [4.69, 9.17) is 5.73 Å². The molecule has 1 heterocycles. The van der Waals surface area contributed by atoms with Crippen molar-refractivity contribution in [2.45, 2.75) is 19.4 Å². The zero-order chi connectivity index (χ0) is 13.8. The summed E-state index contributed by atoms with van der Waals surface area (Å²) in [4.78, 5) is 4.83. The van der Waals surface area contributed by atoms with Gasteiger partial charge >= 0.3 is 0 Å². The van der Waals surface area contributed by atoms with Crippen molar-refractivity contribution >= 4 is 21.6 Å². The molecule has 1 aromatic carbocycles. The summed E-state index contributed by atoms with van der Waals surface area (Å²) in [7, 11) is 4.33. The number of hydrogen-bond donors (Lipinski definition) is 1. The molecule has 106 valence electrons. The molecule has 2 rings (SSSR count). The number of likely N-dealkylation sites (tertiary alicyclic amines) is 1. The highest BCUT2D eigenvalue weighted by molar-refractivity contribution is 9.10. The van der Waals surface area contributed by atoms with Crippen molar-refractivity contribution in [1.29, 1.82) is 0 Å². The predicted molar refractivity (Wildman–Crippen MR) is 85.1 cm³/mol. The Labute approximate surface area is 124 Å². The first-order valence-electron chi connectivity index (χ1n) is 6.96. The Balaban J connectivity index is 1.87. The van der Waals surface area contributed by atoms with Crippen molar-refractivity contribution in [3.63, 3.8) is 0 Å². The zero-order valence-corrected chi connectivity index (χ0v) is 13.5. The molecule has 1 aliphatic heterocycles. The van der Waals surface area contributed by atoms with Crippen molar-refractivity contribution in [1.82, 2.24) is 9.80 Å². The zero-order valence-electron chi connectivity index (χ0n) is 11.9. The first-order valence-corrected chi connectivity index (χ1v) is 7.75. The third-order valence-corrected chi connectivity index (χ3v) is 4.80. The number of nitrogens with two attached hydrogens (primary N) is 1. The van der Waals surface area contributed by atoms with Gasteiger partial charge in [0.25, 0.3) is 0 Å². The molecule has 0 spiro atoms. The number of piperidine rings is 1. The Bertz CT molecular complexity index is 412. The van der Waals surface area contributed by atoms with E-state index in [0.717, 1.165) is 22.6 Å². The van der Waals surface area contributed by atoms with E-state index in [0.29, 0.717) is 0 Å². The molecule has 4 heteroatoms. The number of halogens is 1. The topological polar surface area (TPSA) is 32.5 Å². The molecule has 0 bridgehead atoms. The van der Waals surface area contributed by atoms with E-state index in [2.05, 4.69) is 45.9 Å². The van der Waals surface area contributed by atoms with Gasteiger partial charge < -0.3 is 10.6 Å². The van der Waals surface area contributed by atoms with E-state index in [1.54, 1.807) is 0 Å². The van der Waals surface area contributed by atoms with Crippen molar-refractivity contribution in [3.8, 4) is 0 Å². The lowest BCUT2D eigenvalue weighted by Crippen LogP contribution is -2.36. The van der Waals surface area contributed by atoms with Crippen LogP contribution in [0.25, 0.3) is 0 Å². The van der Waals surface area contributed by atoms with Gasteiger partial charge in [-0.1, -0.05) is 12.1 Å². The molecule has 19 heavy (non-hydrogen) atoms. The third-order valence-electron chi connectivity index (χ3n) is 3.83. The maximum Gasteiger partial charge on any atom is 0.0461 e. The van der Waals surface area contributed by atoms with Gasteiger partial charge in [0.15, 0.2) is 0 Å².